The van der Waals surface area contributed by atoms with Gasteiger partial charge in [-0.25, -0.2) is 4.39 Å². The first kappa shape index (κ1) is 18.0. The third-order valence-electron chi connectivity index (χ3n) is 4.67. The van der Waals surface area contributed by atoms with Gasteiger partial charge in [0.15, 0.2) is 11.6 Å². The number of nitrogens with zero attached hydrogens (tertiary/aromatic N) is 4. The normalized spacial score (nSPS) is 12.0. The molecule has 8 heteroatoms. The number of guanidine groups is 1. The van der Waals surface area contributed by atoms with Crippen LogP contribution in [-0.4, -0.2) is 45.7 Å². The molecule has 0 fully saturated rings. The average Bonchev–Trinajstić information content (AvgIpc) is 3.31. The number of pyridine rings is 1. The van der Waals surface area contributed by atoms with Gasteiger partial charge in [-0.15, -0.1) is 10.2 Å². The molecule has 4 rings (SSSR count). The molecule has 0 unspecified atom stereocenters. The Bertz CT molecular complexity index is 1110. The summed E-state index contributed by atoms with van der Waals surface area (Å²) in [7, 11) is 1.75. The van der Waals surface area contributed by atoms with Gasteiger partial charge in [-0.2, -0.15) is 0 Å². The van der Waals surface area contributed by atoms with Crippen molar-refractivity contribution in [2.24, 2.45) is 4.99 Å². The van der Waals surface area contributed by atoms with Gasteiger partial charge in [0.05, 0.1) is 0 Å². The highest BCUT2D eigenvalue weighted by Crippen LogP contribution is 2.19. The Kier molecular flexibility index (Phi) is 5.18. The van der Waals surface area contributed by atoms with Crippen LogP contribution in [0.4, 0.5) is 4.39 Å². The lowest BCUT2D eigenvalue weighted by Crippen LogP contribution is -2.39. The number of aliphatic imine (C=N–C) groups is 1. The Morgan fingerprint density at radius 2 is 2.00 bits per heavy atom. The van der Waals surface area contributed by atoms with Crippen molar-refractivity contribution in [3.63, 3.8) is 0 Å². The van der Waals surface area contributed by atoms with Crippen LogP contribution in [0.1, 0.15) is 11.4 Å². The first-order valence-electron chi connectivity index (χ1n) is 9.23. The van der Waals surface area contributed by atoms with E-state index in [1.165, 1.54) is 12.1 Å². The molecule has 0 atom stereocenters. The highest BCUT2D eigenvalue weighted by Gasteiger charge is 2.07. The van der Waals surface area contributed by atoms with E-state index >= 15 is 0 Å². The van der Waals surface area contributed by atoms with Crippen LogP contribution in [0.25, 0.3) is 16.6 Å². The smallest absolute Gasteiger partial charge is 0.191 e. The molecule has 144 valence electrons. The van der Waals surface area contributed by atoms with Gasteiger partial charge in [-0.05, 0) is 42.3 Å². The van der Waals surface area contributed by atoms with E-state index in [4.69, 9.17) is 0 Å². The summed E-state index contributed by atoms with van der Waals surface area (Å²) >= 11 is 0. The van der Waals surface area contributed by atoms with Crippen LogP contribution in [0.3, 0.4) is 0 Å². The summed E-state index contributed by atoms with van der Waals surface area (Å²) in [6.07, 6.45) is 5.43. The topological polar surface area (TPSA) is 82.4 Å². The van der Waals surface area contributed by atoms with E-state index in [9.17, 15) is 4.39 Å². The molecule has 7 nitrogen and oxygen atoms in total. The minimum atomic E-state index is -0.232. The second-order valence-corrected chi connectivity index (χ2v) is 6.47. The maximum atomic E-state index is 13.3. The van der Waals surface area contributed by atoms with Crippen LogP contribution in [0.5, 0.6) is 0 Å². The predicted octanol–water partition coefficient (Wildman–Crippen LogP) is 2.30. The number of nitrogens with one attached hydrogen (secondary N) is 3. The molecular weight excluding hydrogens is 357 g/mol. The molecule has 0 aliphatic heterocycles. The van der Waals surface area contributed by atoms with Crippen molar-refractivity contribution >= 4 is 22.5 Å². The van der Waals surface area contributed by atoms with Gasteiger partial charge >= 0.3 is 0 Å². The van der Waals surface area contributed by atoms with E-state index < -0.39 is 0 Å². The molecule has 3 N–H and O–H groups in total. The average molecular weight is 379 g/mol. The zero-order chi connectivity index (χ0) is 19.3. The molecule has 0 aliphatic carbocycles. The van der Waals surface area contributed by atoms with Gasteiger partial charge in [-0.1, -0.05) is 6.07 Å². The number of aromatic amines is 1. The van der Waals surface area contributed by atoms with E-state index in [0.29, 0.717) is 6.54 Å². The van der Waals surface area contributed by atoms with Gasteiger partial charge in [0.1, 0.15) is 11.6 Å². The monoisotopic (exact) mass is 379 g/mol. The van der Waals surface area contributed by atoms with Crippen LogP contribution >= 0.6 is 0 Å². The molecular formula is C20H22FN7. The van der Waals surface area contributed by atoms with Crippen LogP contribution in [0, 0.1) is 5.82 Å². The summed E-state index contributed by atoms with van der Waals surface area (Å²) in [5.74, 6) is 1.41. The fraction of sp³-hybridized carbons (Fsp3) is 0.250. The van der Waals surface area contributed by atoms with E-state index in [1.54, 1.807) is 7.05 Å². The Morgan fingerprint density at radius 1 is 1.14 bits per heavy atom. The number of H-pyrrole nitrogens is 1. The van der Waals surface area contributed by atoms with E-state index in [1.807, 2.05) is 41.1 Å². The number of hydrogen-bond acceptors (Lipinski definition) is 3. The molecule has 0 aliphatic rings. The second-order valence-electron chi connectivity index (χ2n) is 6.47. The minimum absolute atomic E-state index is 0.232. The molecule has 0 radical (unpaired) electrons. The van der Waals surface area contributed by atoms with Crippen molar-refractivity contribution < 1.29 is 4.39 Å². The summed E-state index contributed by atoms with van der Waals surface area (Å²) in [4.78, 5) is 7.37. The number of fused-ring (bicyclic) bond motifs is 2. The summed E-state index contributed by atoms with van der Waals surface area (Å²) in [5.41, 5.74) is 2.81. The Labute approximate surface area is 161 Å². The lowest BCUT2D eigenvalue weighted by molar-refractivity contribution is 0.629. The SMILES string of the molecule is CN=C(NCCc1c[nH]c2cc(F)ccc12)NCCc1nnc2ccccn12. The van der Waals surface area contributed by atoms with Crippen molar-refractivity contribution in [3.8, 4) is 0 Å². The van der Waals surface area contributed by atoms with E-state index in [-0.39, 0.29) is 5.82 Å². The van der Waals surface area contributed by atoms with E-state index in [2.05, 4.69) is 30.8 Å². The summed E-state index contributed by atoms with van der Waals surface area (Å²) < 4.78 is 15.3. The standard InChI is InChI=1S/C20H22FN7/c1-22-20(24-10-8-19-27-26-18-4-2-3-11-28(18)19)23-9-7-14-13-25-17-12-15(21)5-6-16(14)17/h2-6,11-13,25H,7-10H2,1H3,(H2,22,23,24). The largest absolute Gasteiger partial charge is 0.361 e. The molecule has 0 amide bonds. The zero-order valence-corrected chi connectivity index (χ0v) is 15.6. The zero-order valence-electron chi connectivity index (χ0n) is 15.6. The van der Waals surface area contributed by atoms with Crippen molar-refractivity contribution in [3.05, 3.63) is 66.0 Å². The van der Waals surface area contributed by atoms with Gasteiger partial charge in [0, 0.05) is 49.9 Å². The molecule has 3 heterocycles. The first-order valence-corrected chi connectivity index (χ1v) is 9.23. The van der Waals surface area contributed by atoms with Crippen LogP contribution in [-0.2, 0) is 12.8 Å². The number of rotatable bonds is 6. The van der Waals surface area contributed by atoms with Crippen molar-refractivity contribution in [2.75, 3.05) is 20.1 Å². The number of hydrogen-bond donors (Lipinski definition) is 3. The Balaban J connectivity index is 1.28. The van der Waals surface area contributed by atoms with Gasteiger partial charge in [0.25, 0.3) is 0 Å². The van der Waals surface area contributed by atoms with Crippen LogP contribution < -0.4 is 10.6 Å². The fourth-order valence-corrected chi connectivity index (χ4v) is 3.26. The Hall–Kier alpha value is -3.42. The lowest BCUT2D eigenvalue weighted by atomic mass is 10.1. The first-order chi connectivity index (χ1) is 13.7. The summed E-state index contributed by atoms with van der Waals surface area (Å²) in [6, 6.07) is 10.7. The number of benzene rings is 1. The third kappa shape index (κ3) is 3.80. The third-order valence-corrected chi connectivity index (χ3v) is 4.67. The summed E-state index contributed by atoms with van der Waals surface area (Å²) in [5, 5.41) is 16.0. The molecule has 1 aromatic carbocycles. The maximum absolute atomic E-state index is 13.3. The lowest BCUT2D eigenvalue weighted by Gasteiger charge is -2.11. The Morgan fingerprint density at radius 3 is 2.86 bits per heavy atom. The molecule has 4 aromatic rings. The molecule has 28 heavy (non-hydrogen) atoms. The second kappa shape index (κ2) is 8.08. The van der Waals surface area contributed by atoms with E-state index in [0.717, 1.165) is 53.3 Å². The molecule has 0 saturated carbocycles. The minimum Gasteiger partial charge on any atom is -0.361 e. The van der Waals surface area contributed by atoms with Crippen LogP contribution in [0.15, 0.2) is 53.8 Å². The molecule has 0 bridgehead atoms. The quantitative estimate of drug-likeness (QED) is 0.355. The van der Waals surface area contributed by atoms with Crippen molar-refractivity contribution in [2.45, 2.75) is 12.8 Å². The fourth-order valence-electron chi connectivity index (χ4n) is 3.26. The molecule has 0 saturated heterocycles. The van der Waals surface area contributed by atoms with Crippen LogP contribution in [0.2, 0.25) is 0 Å². The van der Waals surface area contributed by atoms with Crippen molar-refractivity contribution in [1.29, 1.82) is 0 Å². The van der Waals surface area contributed by atoms with Gasteiger partial charge in [-0.3, -0.25) is 9.39 Å². The van der Waals surface area contributed by atoms with Gasteiger partial charge < -0.3 is 15.6 Å². The molecule has 3 aromatic heterocycles. The number of halogens is 1. The maximum Gasteiger partial charge on any atom is 0.191 e. The highest BCUT2D eigenvalue weighted by molar-refractivity contribution is 5.83. The van der Waals surface area contributed by atoms with Crippen molar-refractivity contribution in [1.82, 2.24) is 30.2 Å². The predicted molar refractivity (Wildman–Crippen MR) is 108 cm³/mol. The number of aromatic nitrogens is 4. The molecule has 0 spiro atoms. The van der Waals surface area contributed by atoms with Gasteiger partial charge in [0.2, 0.25) is 0 Å². The highest BCUT2D eigenvalue weighted by atomic mass is 19.1. The summed E-state index contributed by atoms with van der Waals surface area (Å²) in [6.45, 7) is 1.42.